The Morgan fingerprint density at radius 3 is 2.73 bits per heavy atom. The van der Waals surface area contributed by atoms with Crippen LogP contribution < -0.4 is 5.73 Å². The fourth-order valence-electron chi connectivity index (χ4n) is 5.47. The third-order valence-electron chi connectivity index (χ3n) is 7.53. The number of nitrogens with zero attached hydrogens (tertiary/aromatic N) is 7. The second-order valence-corrected chi connectivity index (χ2v) is 10.9. The van der Waals surface area contributed by atoms with Crippen molar-refractivity contribution in [3.8, 4) is 22.5 Å². The summed E-state index contributed by atoms with van der Waals surface area (Å²) in [5.41, 5.74) is 12.7. The number of carbonyl (C=O) groups is 1. The first-order chi connectivity index (χ1) is 19.5. The lowest BCUT2D eigenvalue weighted by Crippen LogP contribution is -2.36. The molecule has 0 unspecified atom stereocenters. The second-order valence-electron chi connectivity index (χ2n) is 10.0. The molecule has 2 aromatic carbocycles. The molecule has 0 radical (unpaired) electrons. The number of benzene rings is 2. The van der Waals surface area contributed by atoms with E-state index in [1.54, 1.807) is 11.3 Å². The Balaban J connectivity index is 1.23. The first-order valence-corrected chi connectivity index (χ1v) is 14.0. The average Bonchev–Trinajstić information content (AvgIpc) is 3.70. The molecule has 3 N–H and O–H groups in total. The Morgan fingerprint density at radius 2 is 1.93 bits per heavy atom. The van der Waals surface area contributed by atoms with Gasteiger partial charge < -0.3 is 15.7 Å². The van der Waals surface area contributed by atoms with Crippen LogP contribution in [0, 0.1) is 0 Å². The number of anilines is 1. The minimum absolute atomic E-state index is 0.244. The zero-order valence-electron chi connectivity index (χ0n) is 21.5. The van der Waals surface area contributed by atoms with Gasteiger partial charge in [0.2, 0.25) is 0 Å². The maximum Gasteiger partial charge on any atom is 0.407 e. The predicted molar refractivity (Wildman–Crippen MR) is 154 cm³/mol. The number of likely N-dealkylation sites (tertiary alicyclic amines) is 1. The largest absolute Gasteiger partial charge is 0.465 e. The molecule has 0 spiro atoms. The Kier molecular flexibility index (Phi) is 5.93. The average molecular weight is 551 g/mol. The minimum Gasteiger partial charge on any atom is -0.465 e. The van der Waals surface area contributed by atoms with Crippen LogP contribution in [0.3, 0.4) is 0 Å². The molecule has 0 bridgehead atoms. The van der Waals surface area contributed by atoms with Crippen molar-refractivity contribution in [3.63, 3.8) is 0 Å². The number of rotatable bonds is 5. The van der Waals surface area contributed by atoms with Gasteiger partial charge in [0, 0.05) is 41.5 Å². The van der Waals surface area contributed by atoms with Crippen molar-refractivity contribution in [1.82, 2.24) is 34.3 Å². The normalized spacial score (nSPS) is 14.3. The van der Waals surface area contributed by atoms with E-state index in [0.29, 0.717) is 25.5 Å². The van der Waals surface area contributed by atoms with Gasteiger partial charge >= 0.3 is 6.09 Å². The van der Waals surface area contributed by atoms with Crippen LogP contribution in [0.1, 0.15) is 29.3 Å². The molecule has 40 heavy (non-hydrogen) atoms. The number of amides is 1. The molecule has 7 rings (SSSR count). The van der Waals surface area contributed by atoms with Crippen molar-refractivity contribution >= 4 is 39.7 Å². The number of thiazole rings is 1. The molecule has 0 saturated carbocycles. The van der Waals surface area contributed by atoms with Crippen molar-refractivity contribution in [2.45, 2.75) is 25.3 Å². The van der Waals surface area contributed by atoms with Crippen molar-refractivity contribution in [2.24, 2.45) is 0 Å². The Labute approximate surface area is 233 Å². The van der Waals surface area contributed by atoms with Crippen LogP contribution >= 0.6 is 11.3 Å². The highest BCUT2D eigenvalue weighted by molar-refractivity contribution is 7.10. The van der Waals surface area contributed by atoms with Gasteiger partial charge in [-0.05, 0) is 36.1 Å². The monoisotopic (exact) mass is 550 g/mol. The molecule has 10 nitrogen and oxygen atoms in total. The molecular formula is C29H26N8O2S. The lowest BCUT2D eigenvalue weighted by molar-refractivity contribution is 0.132. The summed E-state index contributed by atoms with van der Waals surface area (Å²) in [6, 6.07) is 18.6. The number of nitrogens with two attached hydrogens (primary N) is 1. The van der Waals surface area contributed by atoms with E-state index in [1.165, 1.54) is 16.8 Å². The Morgan fingerprint density at radius 1 is 1.10 bits per heavy atom. The van der Waals surface area contributed by atoms with Gasteiger partial charge in [0.1, 0.15) is 11.8 Å². The molecule has 0 aliphatic carbocycles. The Hall–Kier alpha value is -4.77. The van der Waals surface area contributed by atoms with E-state index >= 15 is 0 Å². The van der Waals surface area contributed by atoms with Crippen molar-refractivity contribution < 1.29 is 9.90 Å². The standard InChI is InChI=1S/C29H26N8O2S/c30-27-26-22(20-6-7-21-15-36(34-23(21)12-20)14-18-4-2-1-3-5-18)13-25(37(26)32-17-31-27)24-16-40-28(33-24)19-8-10-35(11-9-19)29(38)39/h1-7,12-13,15-17,19H,8-11,14H2,(H,38,39)(H2,30,31,32). The summed E-state index contributed by atoms with van der Waals surface area (Å²) in [6.45, 7) is 1.76. The molecule has 1 amide bonds. The summed E-state index contributed by atoms with van der Waals surface area (Å²) in [5.74, 6) is 0.635. The second kappa shape index (κ2) is 9.76. The smallest absolute Gasteiger partial charge is 0.407 e. The maximum atomic E-state index is 11.3. The SMILES string of the molecule is Nc1ncnn2c(-c3csc(C4CCN(C(=O)O)CC4)n3)cc(-c3ccc4cn(Cc5ccccc5)nc4c3)c12. The van der Waals surface area contributed by atoms with Gasteiger partial charge in [0.25, 0.3) is 0 Å². The molecule has 1 aliphatic heterocycles. The number of fused-ring (bicyclic) bond motifs is 2. The third-order valence-corrected chi connectivity index (χ3v) is 8.54. The van der Waals surface area contributed by atoms with Crippen LogP contribution in [-0.2, 0) is 6.54 Å². The zero-order chi connectivity index (χ0) is 27.2. The number of carboxylic acid groups (broad SMARTS) is 1. The van der Waals surface area contributed by atoms with Crippen LogP contribution in [0.4, 0.5) is 10.6 Å². The summed E-state index contributed by atoms with van der Waals surface area (Å²) >= 11 is 1.61. The van der Waals surface area contributed by atoms with E-state index in [1.807, 2.05) is 32.8 Å². The van der Waals surface area contributed by atoms with Gasteiger partial charge in [-0.25, -0.2) is 19.3 Å². The predicted octanol–water partition coefficient (Wildman–Crippen LogP) is 5.36. The van der Waals surface area contributed by atoms with E-state index in [0.717, 1.165) is 56.8 Å². The number of hydrogen-bond acceptors (Lipinski definition) is 7. The summed E-state index contributed by atoms with van der Waals surface area (Å²) in [4.78, 5) is 22.0. The first kappa shape index (κ1) is 24.3. The maximum absolute atomic E-state index is 11.3. The lowest BCUT2D eigenvalue weighted by atomic mass is 9.98. The van der Waals surface area contributed by atoms with Gasteiger partial charge in [-0.1, -0.05) is 42.5 Å². The van der Waals surface area contributed by atoms with Crippen LogP contribution in [0.25, 0.3) is 38.9 Å². The van der Waals surface area contributed by atoms with E-state index in [-0.39, 0.29) is 5.92 Å². The lowest BCUT2D eigenvalue weighted by Gasteiger charge is -2.28. The van der Waals surface area contributed by atoms with Crippen LogP contribution in [0.5, 0.6) is 0 Å². The number of aromatic nitrogens is 6. The number of hydrogen-bond donors (Lipinski definition) is 2. The van der Waals surface area contributed by atoms with Crippen molar-refractivity contribution in [2.75, 3.05) is 18.8 Å². The van der Waals surface area contributed by atoms with Crippen LogP contribution in [0.15, 0.2) is 72.5 Å². The highest BCUT2D eigenvalue weighted by Crippen LogP contribution is 2.38. The van der Waals surface area contributed by atoms with E-state index in [9.17, 15) is 9.90 Å². The van der Waals surface area contributed by atoms with E-state index in [2.05, 4.69) is 52.7 Å². The molecule has 200 valence electrons. The summed E-state index contributed by atoms with van der Waals surface area (Å²) in [6.07, 6.45) is 4.20. The van der Waals surface area contributed by atoms with Gasteiger partial charge in [0.05, 0.1) is 28.5 Å². The summed E-state index contributed by atoms with van der Waals surface area (Å²) in [5, 5.41) is 22.7. The zero-order valence-corrected chi connectivity index (χ0v) is 22.3. The molecule has 4 aromatic heterocycles. The van der Waals surface area contributed by atoms with Gasteiger partial charge in [-0.2, -0.15) is 10.2 Å². The molecule has 6 aromatic rings. The quantitative estimate of drug-likeness (QED) is 0.296. The molecular weight excluding hydrogens is 524 g/mol. The van der Waals surface area contributed by atoms with E-state index in [4.69, 9.17) is 15.8 Å². The molecule has 1 fully saturated rings. The van der Waals surface area contributed by atoms with Gasteiger partial charge in [0.15, 0.2) is 5.82 Å². The topological polar surface area (TPSA) is 127 Å². The first-order valence-electron chi connectivity index (χ1n) is 13.1. The minimum atomic E-state index is -0.858. The summed E-state index contributed by atoms with van der Waals surface area (Å²) in [7, 11) is 0. The molecule has 1 saturated heterocycles. The highest BCUT2D eigenvalue weighted by atomic mass is 32.1. The highest BCUT2D eigenvalue weighted by Gasteiger charge is 2.26. The van der Waals surface area contributed by atoms with Gasteiger partial charge in [-0.15, -0.1) is 11.3 Å². The Bertz CT molecular complexity index is 1850. The van der Waals surface area contributed by atoms with E-state index < -0.39 is 6.09 Å². The summed E-state index contributed by atoms with van der Waals surface area (Å²) < 4.78 is 3.77. The molecule has 0 atom stereocenters. The van der Waals surface area contributed by atoms with Crippen molar-refractivity contribution in [3.05, 3.63) is 83.1 Å². The molecule has 1 aliphatic rings. The fourth-order valence-corrected chi connectivity index (χ4v) is 6.45. The fraction of sp³-hybridized carbons (Fsp3) is 0.207. The number of nitrogen functional groups attached to an aromatic ring is 1. The molecule has 11 heteroatoms. The van der Waals surface area contributed by atoms with Crippen LogP contribution in [-0.4, -0.2) is 58.6 Å². The third kappa shape index (κ3) is 4.34. The van der Waals surface area contributed by atoms with Crippen molar-refractivity contribution in [1.29, 1.82) is 0 Å². The molecule has 5 heterocycles. The van der Waals surface area contributed by atoms with Gasteiger partial charge in [-0.3, -0.25) is 4.68 Å². The van der Waals surface area contributed by atoms with Crippen LogP contribution in [0.2, 0.25) is 0 Å². The number of piperidine rings is 1.